The van der Waals surface area contributed by atoms with Gasteiger partial charge in [-0.3, -0.25) is 14.1 Å². The first-order valence-corrected chi connectivity index (χ1v) is 13.4. The second-order valence-electron chi connectivity index (χ2n) is 9.19. The van der Waals surface area contributed by atoms with Gasteiger partial charge in [0.2, 0.25) is 0 Å². The van der Waals surface area contributed by atoms with E-state index < -0.39 is 11.4 Å². The van der Waals surface area contributed by atoms with Crippen molar-refractivity contribution in [2.24, 2.45) is 7.05 Å². The molecule has 11 heteroatoms. The van der Waals surface area contributed by atoms with E-state index in [-0.39, 0.29) is 0 Å². The third-order valence-electron chi connectivity index (χ3n) is 6.81. The topological polar surface area (TPSA) is 101 Å². The fraction of sp³-hybridized carbons (Fsp3) is 0.185. The Morgan fingerprint density at radius 3 is 2.42 bits per heavy atom. The highest BCUT2D eigenvalue weighted by Gasteiger charge is 2.24. The first-order chi connectivity index (χ1) is 18.6. The Labute approximate surface area is 221 Å². The van der Waals surface area contributed by atoms with E-state index in [1.807, 2.05) is 42.0 Å². The molecular weight excluding hydrogens is 500 g/mol. The van der Waals surface area contributed by atoms with E-state index in [2.05, 4.69) is 49.3 Å². The van der Waals surface area contributed by atoms with Gasteiger partial charge in [-0.1, -0.05) is 16.2 Å². The number of anilines is 1. The Hall–Kier alpha value is -4.19. The van der Waals surface area contributed by atoms with Gasteiger partial charge in [0.15, 0.2) is 11.4 Å². The average Bonchev–Trinajstić information content (AvgIpc) is 3.71. The van der Waals surface area contributed by atoms with E-state index in [0.29, 0.717) is 21.7 Å². The monoisotopic (exact) mass is 524 g/mol. The largest absolute Gasteiger partial charge is 0.585 e. The molecule has 0 radical (unpaired) electrons. The standard InChI is InChI=1S/C27H24N8O2S/c1-32-17-22(14-30-32)21-12-25-24(28-13-21)15-31-35(25)38(36)27-16-29-26-7-4-20(18-34(26)27)19-2-5-23(6-3-19)33-8-10-37-11-9-33/h2-7,12-18H,8-11H2,1H3. The normalized spacial score (nSPS) is 14.9. The number of nitrogens with zero attached hydrogens (tertiary/aromatic N) is 8. The Kier molecular flexibility index (Phi) is 5.61. The predicted octanol–water partition coefficient (Wildman–Crippen LogP) is 3.55. The van der Waals surface area contributed by atoms with Crippen molar-refractivity contribution >= 4 is 33.7 Å². The summed E-state index contributed by atoms with van der Waals surface area (Å²) in [7, 11) is 1.87. The molecule has 0 bridgehead atoms. The molecule has 1 aliphatic rings. The second-order valence-corrected chi connectivity index (χ2v) is 10.4. The highest BCUT2D eigenvalue weighted by Crippen LogP contribution is 2.28. The summed E-state index contributed by atoms with van der Waals surface area (Å²) >= 11 is -1.64. The molecular formula is C27H24N8O2S. The van der Waals surface area contributed by atoms with Gasteiger partial charge in [0.1, 0.15) is 22.9 Å². The molecule has 1 aromatic carbocycles. The molecule has 6 aromatic rings. The lowest BCUT2D eigenvalue weighted by atomic mass is 10.1. The van der Waals surface area contributed by atoms with Gasteiger partial charge < -0.3 is 14.2 Å². The summed E-state index contributed by atoms with van der Waals surface area (Å²) in [5.41, 5.74) is 7.14. The number of fused-ring (bicyclic) bond motifs is 2. The average molecular weight is 525 g/mol. The van der Waals surface area contributed by atoms with Crippen LogP contribution >= 0.6 is 0 Å². The summed E-state index contributed by atoms with van der Waals surface area (Å²) in [6.07, 6.45) is 10.7. The zero-order chi connectivity index (χ0) is 25.6. The third kappa shape index (κ3) is 4.01. The van der Waals surface area contributed by atoms with Crippen molar-refractivity contribution in [3.8, 4) is 22.3 Å². The molecule has 0 amide bonds. The molecule has 38 heavy (non-hydrogen) atoms. The van der Waals surface area contributed by atoms with Gasteiger partial charge in [0, 0.05) is 55.5 Å². The highest BCUT2D eigenvalue weighted by molar-refractivity contribution is 7.90. The highest BCUT2D eigenvalue weighted by atomic mass is 32.2. The van der Waals surface area contributed by atoms with Crippen LogP contribution in [0.4, 0.5) is 5.69 Å². The van der Waals surface area contributed by atoms with E-state index in [4.69, 9.17) is 4.74 Å². The summed E-state index contributed by atoms with van der Waals surface area (Å²) in [5.74, 6) is 0. The summed E-state index contributed by atoms with van der Waals surface area (Å²) < 4.78 is 24.4. The van der Waals surface area contributed by atoms with Crippen molar-refractivity contribution in [3.05, 3.63) is 79.6 Å². The van der Waals surface area contributed by atoms with E-state index in [1.54, 1.807) is 29.5 Å². The van der Waals surface area contributed by atoms with Crippen LogP contribution < -0.4 is 4.90 Å². The number of rotatable bonds is 5. The number of hydrogen-bond acceptors (Lipinski definition) is 7. The smallest absolute Gasteiger partial charge is 0.278 e. The van der Waals surface area contributed by atoms with Crippen molar-refractivity contribution in [2.75, 3.05) is 31.2 Å². The number of aryl methyl sites for hydroxylation is 1. The van der Waals surface area contributed by atoms with Crippen molar-refractivity contribution in [3.63, 3.8) is 0 Å². The number of ether oxygens (including phenoxy) is 1. The van der Waals surface area contributed by atoms with E-state index in [0.717, 1.165) is 48.6 Å². The fourth-order valence-corrected chi connectivity index (χ4v) is 5.87. The van der Waals surface area contributed by atoms with Crippen molar-refractivity contribution in [1.82, 2.24) is 33.3 Å². The molecule has 10 nitrogen and oxygen atoms in total. The van der Waals surface area contributed by atoms with Gasteiger partial charge in [0.25, 0.3) is 5.03 Å². The maximum atomic E-state index is 13.8. The maximum Gasteiger partial charge on any atom is 0.278 e. The maximum absolute atomic E-state index is 13.8. The van der Waals surface area contributed by atoms with Gasteiger partial charge in [0.05, 0.1) is 25.6 Å². The van der Waals surface area contributed by atoms with Crippen LogP contribution in [0.25, 0.3) is 38.9 Å². The summed E-state index contributed by atoms with van der Waals surface area (Å²) in [6, 6.07) is 14.4. The molecule has 6 heterocycles. The van der Waals surface area contributed by atoms with Crippen LogP contribution in [0.1, 0.15) is 0 Å². The zero-order valence-corrected chi connectivity index (χ0v) is 21.5. The lowest BCUT2D eigenvalue weighted by Crippen LogP contribution is -2.36. The summed E-state index contributed by atoms with van der Waals surface area (Å²) in [5, 5.41) is 9.18. The molecule has 1 fully saturated rings. The van der Waals surface area contributed by atoms with Gasteiger partial charge in [-0.2, -0.15) is 5.10 Å². The molecule has 7 rings (SSSR count). The van der Waals surface area contributed by atoms with Crippen LogP contribution in [0.5, 0.6) is 0 Å². The van der Waals surface area contributed by atoms with Crippen LogP contribution in [0.2, 0.25) is 0 Å². The Morgan fingerprint density at radius 2 is 1.63 bits per heavy atom. The first kappa shape index (κ1) is 23.0. The first-order valence-electron chi connectivity index (χ1n) is 12.3. The molecule has 1 atom stereocenters. The number of imidazole rings is 1. The number of pyridine rings is 2. The predicted molar refractivity (Wildman–Crippen MR) is 145 cm³/mol. The SMILES string of the molecule is Cn1cc(-c2cnc3cnn([S+]([O-])c4cnc5ccc(-c6ccc(N7CCOCC7)cc6)cn45)c3c2)cn1. The number of benzene rings is 1. The molecule has 0 aliphatic carbocycles. The molecule has 0 N–H and O–H groups in total. The Balaban J connectivity index is 1.23. The van der Waals surface area contributed by atoms with Crippen LogP contribution in [-0.4, -0.2) is 64.2 Å². The number of morpholine rings is 1. The quantitative estimate of drug-likeness (QED) is 0.318. The van der Waals surface area contributed by atoms with Gasteiger partial charge in [-0.15, -0.1) is 5.10 Å². The fourth-order valence-electron chi connectivity index (χ4n) is 4.78. The minimum Gasteiger partial charge on any atom is -0.585 e. The lowest BCUT2D eigenvalue weighted by Gasteiger charge is -2.28. The van der Waals surface area contributed by atoms with Crippen LogP contribution in [-0.2, 0) is 23.1 Å². The van der Waals surface area contributed by atoms with Crippen molar-refractivity contribution < 1.29 is 9.29 Å². The molecule has 190 valence electrons. The van der Waals surface area contributed by atoms with E-state index in [9.17, 15) is 4.55 Å². The zero-order valence-electron chi connectivity index (χ0n) is 20.6. The third-order valence-corrected chi connectivity index (χ3v) is 8.08. The molecule has 1 saturated heterocycles. The van der Waals surface area contributed by atoms with Crippen LogP contribution in [0.15, 0.2) is 84.7 Å². The number of aromatic nitrogens is 7. The Bertz CT molecular complexity index is 1750. The minimum absolute atomic E-state index is 0.531. The van der Waals surface area contributed by atoms with Crippen molar-refractivity contribution in [1.29, 1.82) is 0 Å². The molecule has 0 spiro atoms. The summed E-state index contributed by atoms with van der Waals surface area (Å²) in [4.78, 5) is 11.3. The van der Waals surface area contributed by atoms with Crippen molar-refractivity contribution in [2.45, 2.75) is 5.03 Å². The molecule has 5 aromatic heterocycles. The van der Waals surface area contributed by atoms with Gasteiger partial charge in [-0.05, 0) is 41.5 Å². The molecule has 0 saturated carbocycles. The van der Waals surface area contributed by atoms with E-state index in [1.165, 1.54) is 9.77 Å². The van der Waals surface area contributed by atoms with Gasteiger partial charge in [-0.25, -0.2) is 4.98 Å². The number of hydrogen-bond donors (Lipinski definition) is 0. The van der Waals surface area contributed by atoms with Gasteiger partial charge >= 0.3 is 0 Å². The lowest BCUT2D eigenvalue weighted by molar-refractivity contribution is 0.122. The van der Waals surface area contributed by atoms with Crippen LogP contribution in [0, 0.1) is 0 Å². The summed E-state index contributed by atoms with van der Waals surface area (Å²) in [6.45, 7) is 3.31. The Morgan fingerprint density at radius 1 is 0.816 bits per heavy atom. The molecule has 1 unspecified atom stereocenters. The minimum atomic E-state index is -1.64. The van der Waals surface area contributed by atoms with Crippen LogP contribution in [0.3, 0.4) is 0 Å². The van der Waals surface area contributed by atoms with E-state index >= 15 is 0 Å². The second kappa shape index (κ2) is 9.28. The molecule has 1 aliphatic heterocycles.